The highest BCUT2D eigenvalue weighted by Crippen LogP contribution is 1.98. The first-order valence-electron chi connectivity index (χ1n) is 5.49. The summed E-state index contributed by atoms with van der Waals surface area (Å²) in [6.07, 6.45) is 7.04. The van der Waals surface area contributed by atoms with Crippen LogP contribution in [-0.4, -0.2) is 19.3 Å². The van der Waals surface area contributed by atoms with Crippen molar-refractivity contribution in [3.63, 3.8) is 0 Å². The number of hydrogen-bond donors (Lipinski definition) is 3. The van der Waals surface area contributed by atoms with E-state index < -0.39 is 0 Å². The fourth-order valence-electron chi connectivity index (χ4n) is 1.23. The van der Waals surface area contributed by atoms with Crippen molar-refractivity contribution in [2.24, 2.45) is 11.5 Å². The standard InChI is InChI=1S/C10H25N3/c1-2-3-8-13-9-6-4-5-7-10(11)12/h10,13H,2-9,11-12H2,1H3. The van der Waals surface area contributed by atoms with Crippen molar-refractivity contribution in [1.82, 2.24) is 5.32 Å². The Bertz CT molecular complexity index is 94.2. The molecule has 0 bridgehead atoms. The third-order valence-electron chi connectivity index (χ3n) is 2.10. The lowest BCUT2D eigenvalue weighted by Crippen LogP contribution is -2.29. The first-order chi connectivity index (χ1) is 6.27. The molecular formula is C10H25N3. The predicted octanol–water partition coefficient (Wildman–Crippen LogP) is 1.18. The maximum Gasteiger partial charge on any atom is 0.0520 e. The third kappa shape index (κ3) is 11.9. The van der Waals surface area contributed by atoms with E-state index in [0.717, 1.165) is 25.9 Å². The Morgan fingerprint density at radius 1 is 1.00 bits per heavy atom. The van der Waals surface area contributed by atoms with E-state index in [2.05, 4.69) is 12.2 Å². The molecule has 0 fully saturated rings. The van der Waals surface area contributed by atoms with Crippen LogP contribution in [0.3, 0.4) is 0 Å². The molecule has 0 atom stereocenters. The lowest BCUT2D eigenvalue weighted by atomic mass is 10.1. The topological polar surface area (TPSA) is 64.1 Å². The average molecular weight is 187 g/mol. The van der Waals surface area contributed by atoms with Crippen LogP contribution in [0.4, 0.5) is 0 Å². The van der Waals surface area contributed by atoms with Gasteiger partial charge in [0.05, 0.1) is 6.17 Å². The quantitative estimate of drug-likeness (QED) is 0.375. The molecular weight excluding hydrogens is 162 g/mol. The van der Waals surface area contributed by atoms with E-state index in [1.165, 1.54) is 25.7 Å². The van der Waals surface area contributed by atoms with E-state index in [9.17, 15) is 0 Å². The van der Waals surface area contributed by atoms with Gasteiger partial charge in [-0.1, -0.05) is 26.2 Å². The Morgan fingerprint density at radius 2 is 1.69 bits per heavy atom. The molecule has 0 amide bonds. The van der Waals surface area contributed by atoms with Gasteiger partial charge in [0, 0.05) is 0 Å². The summed E-state index contributed by atoms with van der Waals surface area (Å²) < 4.78 is 0. The van der Waals surface area contributed by atoms with Gasteiger partial charge in [-0.25, -0.2) is 0 Å². The smallest absolute Gasteiger partial charge is 0.0520 e. The monoisotopic (exact) mass is 187 g/mol. The molecule has 0 aliphatic rings. The van der Waals surface area contributed by atoms with Gasteiger partial charge in [0.25, 0.3) is 0 Å². The molecule has 0 spiro atoms. The summed E-state index contributed by atoms with van der Waals surface area (Å²) in [7, 11) is 0. The van der Waals surface area contributed by atoms with E-state index in [0.29, 0.717) is 0 Å². The van der Waals surface area contributed by atoms with Gasteiger partial charge in [0.15, 0.2) is 0 Å². The van der Waals surface area contributed by atoms with Crippen molar-refractivity contribution < 1.29 is 0 Å². The zero-order valence-corrected chi connectivity index (χ0v) is 8.89. The maximum absolute atomic E-state index is 5.44. The minimum absolute atomic E-state index is 0.118. The zero-order chi connectivity index (χ0) is 9.94. The summed E-state index contributed by atoms with van der Waals surface area (Å²) in [4.78, 5) is 0. The van der Waals surface area contributed by atoms with Gasteiger partial charge in [-0.05, 0) is 32.4 Å². The first kappa shape index (κ1) is 12.9. The van der Waals surface area contributed by atoms with Gasteiger partial charge < -0.3 is 16.8 Å². The molecule has 80 valence electrons. The molecule has 0 aromatic heterocycles. The van der Waals surface area contributed by atoms with Crippen LogP contribution in [-0.2, 0) is 0 Å². The molecule has 0 unspecified atom stereocenters. The van der Waals surface area contributed by atoms with Gasteiger partial charge in [0.2, 0.25) is 0 Å². The number of nitrogens with one attached hydrogen (secondary N) is 1. The van der Waals surface area contributed by atoms with Gasteiger partial charge in [-0.2, -0.15) is 0 Å². The fraction of sp³-hybridized carbons (Fsp3) is 1.00. The first-order valence-corrected chi connectivity index (χ1v) is 5.49. The predicted molar refractivity (Wildman–Crippen MR) is 58.4 cm³/mol. The van der Waals surface area contributed by atoms with Crippen LogP contribution in [0.15, 0.2) is 0 Å². The average Bonchev–Trinajstić information content (AvgIpc) is 2.09. The molecule has 0 aliphatic heterocycles. The molecule has 0 saturated heterocycles. The van der Waals surface area contributed by atoms with E-state index in [4.69, 9.17) is 11.5 Å². The highest BCUT2D eigenvalue weighted by molar-refractivity contribution is 4.53. The molecule has 3 nitrogen and oxygen atoms in total. The SMILES string of the molecule is CCCCNCCCCCC(N)N. The summed E-state index contributed by atoms with van der Waals surface area (Å²) in [5.74, 6) is 0. The number of nitrogens with two attached hydrogens (primary N) is 2. The highest BCUT2D eigenvalue weighted by Gasteiger charge is 1.93. The molecule has 0 radical (unpaired) electrons. The van der Waals surface area contributed by atoms with E-state index in [1.807, 2.05) is 0 Å². The lowest BCUT2D eigenvalue weighted by molar-refractivity contribution is 0.540. The second-order valence-electron chi connectivity index (χ2n) is 3.62. The van der Waals surface area contributed by atoms with Crippen LogP contribution in [0.5, 0.6) is 0 Å². The molecule has 13 heavy (non-hydrogen) atoms. The van der Waals surface area contributed by atoms with Crippen molar-refractivity contribution in [2.45, 2.75) is 51.6 Å². The summed E-state index contributed by atoms with van der Waals surface area (Å²) in [6, 6.07) is 0. The Kier molecular flexibility index (Phi) is 9.87. The van der Waals surface area contributed by atoms with Crippen molar-refractivity contribution in [3.05, 3.63) is 0 Å². The zero-order valence-electron chi connectivity index (χ0n) is 8.89. The fourth-order valence-corrected chi connectivity index (χ4v) is 1.23. The van der Waals surface area contributed by atoms with Crippen molar-refractivity contribution in [1.29, 1.82) is 0 Å². The second-order valence-corrected chi connectivity index (χ2v) is 3.62. The second kappa shape index (κ2) is 9.96. The molecule has 0 aliphatic carbocycles. The van der Waals surface area contributed by atoms with Crippen LogP contribution < -0.4 is 16.8 Å². The highest BCUT2D eigenvalue weighted by atomic mass is 14.8. The van der Waals surface area contributed by atoms with Crippen LogP contribution in [0.25, 0.3) is 0 Å². The summed E-state index contributed by atoms with van der Waals surface area (Å²) >= 11 is 0. The van der Waals surface area contributed by atoms with Gasteiger partial charge >= 0.3 is 0 Å². The van der Waals surface area contributed by atoms with E-state index in [-0.39, 0.29) is 6.17 Å². The molecule has 0 aromatic rings. The van der Waals surface area contributed by atoms with Crippen molar-refractivity contribution in [2.75, 3.05) is 13.1 Å². The minimum atomic E-state index is -0.118. The summed E-state index contributed by atoms with van der Waals surface area (Å²) in [6.45, 7) is 4.51. The molecule has 0 aromatic carbocycles. The lowest BCUT2D eigenvalue weighted by Gasteiger charge is -2.05. The van der Waals surface area contributed by atoms with Gasteiger partial charge in [-0.3, -0.25) is 0 Å². The van der Waals surface area contributed by atoms with Crippen LogP contribution in [0, 0.1) is 0 Å². The van der Waals surface area contributed by atoms with Crippen LogP contribution in [0.1, 0.15) is 45.4 Å². The minimum Gasteiger partial charge on any atom is -0.317 e. The molecule has 3 heteroatoms. The molecule has 0 heterocycles. The molecule has 0 rings (SSSR count). The van der Waals surface area contributed by atoms with Gasteiger partial charge in [0.1, 0.15) is 0 Å². The Morgan fingerprint density at radius 3 is 2.31 bits per heavy atom. The van der Waals surface area contributed by atoms with Crippen LogP contribution >= 0.6 is 0 Å². The third-order valence-corrected chi connectivity index (χ3v) is 2.10. The molecule has 5 N–H and O–H groups in total. The van der Waals surface area contributed by atoms with Crippen molar-refractivity contribution >= 4 is 0 Å². The number of rotatable bonds is 9. The van der Waals surface area contributed by atoms with E-state index in [1.54, 1.807) is 0 Å². The van der Waals surface area contributed by atoms with E-state index >= 15 is 0 Å². The van der Waals surface area contributed by atoms with Gasteiger partial charge in [-0.15, -0.1) is 0 Å². The Labute approximate surface area is 82.3 Å². The van der Waals surface area contributed by atoms with Crippen molar-refractivity contribution in [3.8, 4) is 0 Å². The Hall–Kier alpha value is -0.120. The van der Waals surface area contributed by atoms with Crippen LogP contribution in [0.2, 0.25) is 0 Å². The summed E-state index contributed by atoms with van der Waals surface area (Å²) in [5, 5.41) is 3.41. The largest absolute Gasteiger partial charge is 0.317 e. The Balaban J connectivity index is 2.84. The number of unbranched alkanes of at least 4 members (excludes halogenated alkanes) is 3. The molecule has 0 saturated carbocycles. The normalized spacial score (nSPS) is 11.1. The summed E-state index contributed by atoms with van der Waals surface area (Å²) in [5.41, 5.74) is 10.9. The number of hydrogen-bond acceptors (Lipinski definition) is 3. The maximum atomic E-state index is 5.44.